The van der Waals surface area contributed by atoms with Gasteiger partial charge in [0.1, 0.15) is 5.82 Å². The molecule has 1 atom stereocenters. The largest absolute Gasteiger partial charge is 0.305 e. The standard InChI is InChI=1S/C11H12Cl2FN/c1-8(15-7-10(13)6-12)9-3-2-4-11(14)5-9/h2-6,8,15H,7H2,1H3/b10-6-/t8-/m0/s1. The molecule has 0 radical (unpaired) electrons. The van der Waals surface area contributed by atoms with Gasteiger partial charge in [-0.2, -0.15) is 0 Å². The van der Waals surface area contributed by atoms with E-state index in [1.807, 2.05) is 13.0 Å². The van der Waals surface area contributed by atoms with Crippen LogP contribution in [0.25, 0.3) is 0 Å². The summed E-state index contributed by atoms with van der Waals surface area (Å²) in [7, 11) is 0. The Morgan fingerprint density at radius 2 is 2.33 bits per heavy atom. The normalized spacial score (nSPS) is 14.0. The van der Waals surface area contributed by atoms with Crippen molar-refractivity contribution in [2.45, 2.75) is 13.0 Å². The summed E-state index contributed by atoms with van der Waals surface area (Å²) in [6.45, 7) is 2.41. The lowest BCUT2D eigenvalue weighted by atomic mass is 10.1. The Morgan fingerprint density at radius 3 is 2.93 bits per heavy atom. The lowest BCUT2D eigenvalue weighted by Gasteiger charge is -2.13. The second kappa shape index (κ2) is 6.11. The van der Waals surface area contributed by atoms with Gasteiger partial charge in [0, 0.05) is 23.2 Å². The van der Waals surface area contributed by atoms with Crippen LogP contribution in [-0.4, -0.2) is 6.54 Å². The maximum Gasteiger partial charge on any atom is 0.123 e. The molecule has 1 rings (SSSR count). The SMILES string of the molecule is C[C@H](NC/C(Cl)=C/Cl)c1cccc(F)c1. The molecule has 1 aromatic carbocycles. The van der Waals surface area contributed by atoms with Crippen LogP contribution in [0.5, 0.6) is 0 Å². The number of hydrogen-bond donors (Lipinski definition) is 1. The van der Waals surface area contributed by atoms with Gasteiger partial charge in [-0.05, 0) is 24.6 Å². The third kappa shape index (κ3) is 4.20. The number of halogens is 3. The maximum atomic E-state index is 12.9. The highest BCUT2D eigenvalue weighted by Crippen LogP contribution is 2.14. The van der Waals surface area contributed by atoms with E-state index in [-0.39, 0.29) is 11.9 Å². The van der Waals surface area contributed by atoms with Crippen molar-refractivity contribution >= 4 is 23.2 Å². The minimum Gasteiger partial charge on any atom is -0.305 e. The quantitative estimate of drug-likeness (QED) is 0.854. The summed E-state index contributed by atoms with van der Waals surface area (Å²) in [6, 6.07) is 6.49. The molecule has 0 spiro atoms. The van der Waals surface area contributed by atoms with Crippen molar-refractivity contribution in [1.82, 2.24) is 5.32 Å². The molecular weight excluding hydrogens is 236 g/mol. The van der Waals surface area contributed by atoms with Gasteiger partial charge in [-0.3, -0.25) is 0 Å². The highest BCUT2D eigenvalue weighted by atomic mass is 35.5. The average molecular weight is 248 g/mol. The van der Waals surface area contributed by atoms with Crippen molar-refractivity contribution < 1.29 is 4.39 Å². The van der Waals surface area contributed by atoms with E-state index in [0.717, 1.165) is 5.56 Å². The van der Waals surface area contributed by atoms with E-state index in [1.54, 1.807) is 6.07 Å². The molecule has 0 fully saturated rings. The number of benzene rings is 1. The van der Waals surface area contributed by atoms with Crippen LogP contribution >= 0.6 is 23.2 Å². The van der Waals surface area contributed by atoms with Crippen molar-refractivity contribution in [3.05, 3.63) is 46.2 Å². The highest BCUT2D eigenvalue weighted by molar-refractivity contribution is 6.36. The van der Waals surface area contributed by atoms with E-state index in [9.17, 15) is 4.39 Å². The Kier molecular flexibility index (Phi) is 5.09. The Hall–Kier alpha value is -0.570. The van der Waals surface area contributed by atoms with Gasteiger partial charge in [-0.25, -0.2) is 4.39 Å². The van der Waals surface area contributed by atoms with Crippen LogP contribution in [0.3, 0.4) is 0 Å². The molecule has 82 valence electrons. The maximum absolute atomic E-state index is 12.9. The van der Waals surface area contributed by atoms with E-state index < -0.39 is 0 Å². The van der Waals surface area contributed by atoms with Gasteiger partial charge in [0.15, 0.2) is 0 Å². The van der Waals surface area contributed by atoms with Crippen LogP contribution in [-0.2, 0) is 0 Å². The fourth-order valence-corrected chi connectivity index (χ4v) is 1.34. The van der Waals surface area contributed by atoms with Gasteiger partial charge >= 0.3 is 0 Å². The molecule has 0 aliphatic heterocycles. The summed E-state index contributed by atoms with van der Waals surface area (Å²) >= 11 is 11.1. The van der Waals surface area contributed by atoms with Crippen LogP contribution in [0.15, 0.2) is 34.8 Å². The van der Waals surface area contributed by atoms with Gasteiger partial charge in [0.25, 0.3) is 0 Å². The third-order valence-electron chi connectivity index (χ3n) is 2.04. The van der Waals surface area contributed by atoms with Gasteiger partial charge in [-0.15, -0.1) is 0 Å². The smallest absolute Gasteiger partial charge is 0.123 e. The minimum absolute atomic E-state index is 0.0334. The number of nitrogens with one attached hydrogen (secondary N) is 1. The molecule has 0 aliphatic rings. The van der Waals surface area contributed by atoms with Crippen LogP contribution in [0, 0.1) is 5.82 Å². The van der Waals surface area contributed by atoms with Gasteiger partial charge in [-0.1, -0.05) is 35.3 Å². The molecule has 0 aliphatic carbocycles. The van der Waals surface area contributed by atoms with E-state index in [0.29, 0.717) is 11.6 Å². The Morgan fingerprint density at radius 1 is 1.60 bits per heavy atom. The van der Waals surface area contributed by atoms with Crippen LogP contribution in [0.1, 0.15) is 18.5 Å². The van der Waals surface area contributed by atoms with Gasteiger partial charge < -0.3 is 5.32 Å². The molecule has 0 heterocycles. The van der Waals surface area contributed by atoms with E-state index >= 15 is 0 Å². The highest BCUT2D eigenvalue weighted by Gasteiger charge is 2.05. The van der Waals surface area contributed by atoms with Crippen molar-refractivity contribution in [2.24, 2.45) is 0 Å². The summed E-state index contributed by atoms with van der Waals surface area (Å²) in [6.07, 6.45) is 0. The summed E-state index contributed by atoms with van der Waals surface area (Å²) in [5.41, 5.74) is 2.20. The number of hydrogen-bond acceptors (Lipinski definition) is 1. The first-order chi connectivity index (χ1) is 7.13. The summed E-state index contributed by atoms with van der Waals surface area (Å²) in [5, 5.41) is 3.65. The lowest BCUT2D eigenvalue weighted by molar-refractivity contribution is 0.593. The summed E-state index contributed by atoms with van der Waals surface area (Å²) in [4.78, 5) is 0. The van der Waals surface area contributed by atoms with Gasteiger partial charge in [0.05, 0.1) is 0 Å². The molecular formula is C11H12Cl2FN. The fourth-order valence-electron chi connectivity index (χ4n) is 1.18. The molecule has 1 nitrogen and oxygen atoms in total. The molecule has 0 saturated heterocycles. The fraction of sp³-hybridized carbons (Fsp3) is 0.273. The van der Waals surface area contributed by atoms with E-state index in [4.69, 9.17) is 23.2 Å². The molecule has 0 unspecified atom stereocenters. The van der Waals surface area contributed by atoms with Crippen molar-refractivity contribution in [3.8, 4) is 0 Å². The van der Waals surface area contributed by atoms with Crippen LogP contribution in [0.4, 0.5) is 4.39 Å². The molecule has 0 saturated carbocycles. The van der Waals surface area contributed by atoms with Crippen molar-refractivity contribution in [1.29, 1.82) is 0 Å². The summed E-state index contributed by atoms with van der Waals surface area (Å²) in [5.74, 6) is -0.236. The minimum atomic E-state index is -0.236. The van der Waals surface area contributed by atoms with Gasteiger partial charge in [0.2, 0.25) is 0 Å². The molecule has 1 aromatic rings. The first-order valence-corrected chi connectivity index (χ1v) is 5.38. The average Bonchev–Trinajstić information content (AvgIpc) is 2.25. The molecule has 0 amide bonds. The topological polar surface area (TPSA) is 12.0 Å². The number of rotatable bonds is 4. The monoisotopic (exact) mass is 247 g/mol. The Bertz CT molecular complexity index is 352. The van der Waals surface area contributed by atoms with E-state index in [1.165, 1.54) is 17.7 Å². The van der Waals surface area contributed by atoms with Crippen LogP contribution < -0.4 is 5.32 Å². The Balaban J connectivity index is 2.57. The second-order valence-electron chi connectivity index (χ2n) is 3.21. The zero-order chi connectivity index (χ0) is 11.3. The predicted molar refractivity (Wildman–Crippen MR) is 62.6 cm³/mol. The first-order valence-electron chi connectivity index (χ1n) is 4.57. The van der Waals surface area contributed by atoms with E-state index in [2.05, 4.69) is 5.32 Å². The van der Waals surface area contributed by atoms with Crippen molar-refractivity contribution in [3.63, 3.8) is 0 Å². The van der Waals surface area contributed by atoms with Crippen molar-refractivity contribution in [2.75, 3.05) is 6.54 Å². The molecule has 4 heteroatoms. The molecule has 0 bridgehead atoms. The predicted octanol–water partition coefficient (Wildman–Crippen LogP) is 3.80. The Labute approximate surface area is 98.9 Å². The third-order valence-corrected chi connectivity index (χ3v) is 2.66. The van der Waals surface area contributed by atoms with Crippen LogP contribution in [0.2, 0.25) is 0 Å². The zero-order valence-electron chi connectivity index (χ0n) is 8.31. The summed E-state index contributed by atoms with van der Waals surface area (Å²) < 4.78 is 12.9. The molecule has 0 aromatic heterocycles. The first kappa shape index (κ1) is 12.5. The second-order valence-corrected chi connectivity index (χ2v) is 3.92. The molecule has 1 N–H and O–H groups in total. The molecule has 15 heavy (non-hydrogen) atoms. The zero-order valence-corrected chi connectivity index (χ0v) is 9.82. The lowest BCUT2D eigenvalue weighted by Crippen LogP contribution is -2.20.